The minimum atomic E-state index is 0.575. The van der Waals surface area contributed by atoms with Crippen molar-refractivity contribution in [1.29, 1.82) is 0 Å². The van der Waals surface area contributed by atoms with Gasteiger partial charge in [0.1, 0.15) is 11.3 Å². The molecular weight excluding hydrogens is 290 g/mol. The van der Waals surface area contributed by atoms with Crippen LogP contribution in [0.25, 0.3) is 22.7 Å². The lowest BCUT2D eigenvalue weighted by Gasteiger charge is -2.04. The summed E-state index contributed by atoms with van der Waals surface area (Å²) < 4.78 is 1.98. The minimum absolute atomic E-state index is 0.575. The Morgan fingerprint density at radius 1 is 1.04 bits per heavy atom. The lowest BCUT2D eigenvalue weighted by Crippen LogP contribution is -2.04. The van der Waals surface area contributed by atoms with E-state index in [0.29, 0.717) is 12.4 Å². The van der Waals surface area contributed by atoms with Crippen LogP contribution in [0.15, 0.2) is 43.1 Å². The van der Waals surface area contributed by atoms with E-state index in [1.54, 1.807) is 24.7 Å². The Kier molecular flexibility index (Phi) is 3.30. The molecule has 4 aromatic heterocycles. The van der Waals surface area contributed by atoms with Crippen LogP contribution in [0.1, 0.15) is 18.4 Å². The Bertz CT molecular complexity index is 939. The van der Waals surface area contributed by atoms with Crippen LogP contribution >= 0.6 is 0 Å². The van der Waals surface area contributed by atoms with E-state index in [1.807, 2.05) is 23.0 Å². The minimum Gasteiger partial charge on any atom is -0.340 e. The maximum Gasteiger partial charge on any atom is 0.195 e. The van der Waals surface area contributed by atoms with Crippen LogP contribution in [0.3, 0.4) is 0 Å². The molecule has 0 aliphatic heterocycles. The van der Waals surface area contributed by atoms with Crippen molar-refractivity contribution in [3.63, 3.8) is 0 Å². The molecule has 4 aromatic rings. The number of fused-ring (bicyclic) bond motifs is 1. The smallest absolute Gasteiger partial charge is 0.195 e. The predicted molar refractivity (Wildman–Crippen MR) is 85.6 cm³/mol. The highest BCUT2D eigenvalue weighted by molar-refractivity contribution is 5.77. The fourth-order valence-corrected chi connectivity index (χ4v) is 2.59. The van der Waals surface area contributed by atoms with Crippen molar-refractivity contribution < 1.29 is 0 Å². The van der Waals surface area contributed by atoms with Gasteiger partial charge in [-0.3, -0.25) is 4.98 Å². The zero-order valence-electron chi connectivity index (χ0n) is 12.6. The maximum atomic E-state index is 4.69. The van der Waals surface area contributed by atoms with E-state index in [-0.39, 0.29) is 0 Å². The molecule has 0 radical (unpaired) electrons. The number of H-pyrrole nitrogens is 1. The summed E-state index contributed by atoms with van der Waals surface area (Å²) in [6, 6.07) is 3.73. The van der Waals surface area contributed by atoms with E-state index in [2.05, 4.69) is 36.8 Å². The third-order valence-electron chi connectivity index (χ3n) is 3.66. The Balaban J connectivity index is 1.71. The molecule has 0 aliphatic rings. The molecular formula is C16H15N7. The van der Waals surface area contributed by atoms with Crippen LogP contribution < -0.4 is 0 Å². The second-order valence-electron chi connectivity index (χ2n) is 5.14. The Hall–Kier alpha value is -3.09. The van der Waals surface area contributed by atoms with E-state index in [0.717, 1.165) is 34.8 Å². The number of aromatic amines is 1. The molecule has 4 rings (SSSR count). The number of hydrogen-bond donors (Lipinski definition) is 1. The molecule has 0 unspecified atom stereocenters. The summed E-state index contributed by atoms with van der Waals surface area (Å²) in [6.45, 7) is 2.66. The number of aromatic nitrogens is 7. The fourth-order valence-electron chi connectivity index (χ4n) is 2.59. The zero-order valence-corrected chi connectivity index (χ0v) is 12.6. The zero-order chi connectivity index (χ0) is 15.6. The first-order chi connectivity index (χ1) is 11.3. The standard InChI is InChI=1S/C16H15N7/c1-2-11-14-12(4-7-17-11)21-13(22-14)10-23-9-8-20-16(23)15-18-5-3-6-19-15/h3-9H,2,10H2,1H3,(H,21,22). The number of pyridine rings is 1. The first kappa shape index (κ1) is 13.6. The number of hydrogen-bond acceptors (Lipinski definition) is 5. The van der Waals surface area contributed by atoms with Gasteiger partial charge in [-0.25, -0.2) is 19.9 Å². The lowest BCUT2D eigenvalue weighted by molar-refractivity contribution is 0.760. The SMILES string of the molecule is CCc1nccc2[nH]c(Cn3ccnc3-c3ncccn3)nc12. The van der Waals surface area contributed by atoms with Crippen molar-refractivity contribution >= 4 is 11.0 Å². The van der Waals surface area contributed by atoms with Gasteiger partial charge >= 0.3 is 0 Å². The fraction of sp³-hybridized carbons (Fsp3) is 0.188. The van der Waals surface area contributed by atoms with Gasteiger partial charge in [-0.2, -0.15) is 0 Å². The third kappa shape index (κ3) is 2.46. The molecule has 0 spiro atoms. The highest BCUT2D eigenvalue weighted by atomic mass is 15.1. The van der Waals surface area contributed by atoms with Crippen LogP contribution in [-0.2, 0) is 13.0 Å². The molecule has 114 valence electrons. The monoisotopic (exact) mass is 305 g/mol. The molecule has 7 nitrogen and oxygen atoms in total. The summed E-state index contributed by atoms with van der Waals surface area (Å²) in [5.41, 5.74) is 2.94. The van der Waals surface area contributed by atoms with Crippen LogP contribution in [0.2, 0.25) is 0 Å². The molecule has 0 amide bonds. The van der Waals surface area contributed by atoms with Crippen molar-refractivity contribution in [2.24, 2.45) is 0 Å². The average Bonchev–Trinajstić information content (AvgIpc) is 3.21. The van der Waals surface area contributed by atoms with E-state index in [4.69, 9.17) is 0 Å². The molecule has 0 aromatic carbocycles. The van der Waals surface area contributed by atoms with Gasteiger partial charge in [-0.1, -0.05) is 6.92 Å². The molecule has 7 heteroatoms. The second kappa shape index (κ2) is 5.60. The number of rotatable bonds is 4. The Morgan fingerprint density at radius 2 is 1.91 bits per heavy atom. The summed E-state index contributed by atoms with van der Waals surface area (Å²) in [4.78, 5) is 25.3. The number of nitrogens with zero attached hydrogens (tertiary/aromatic N) is 6. The molecule has 1 N–H and O–H groups in total. The Morgan fingerprint density at radius 3 is 2.74 bits per heavy atom. The van der Waals surface area contributed by atoms with Crippen molar-refractivity contribution in [3.05, 3.63) is 54.6 Å². The van der Waals surface area contributed by atoms with E-state index in [1.165, 1.54) is 0 Å². The van der Waals surface area contributed by atoms with Crippen LogP contribution in [0, 0.1) is 0 Å². The summed E-state index contributed by atoms with van der Waals surface area (Å²) in [5, 5.41) is 0. The largest absolute Gasteiger partial charge is 0.340 e. The predicted octanol–water partition coefficient (Wildman–Crippen LogP) is 2.22. The molecule has 4 heterocycles. The number of nitrogens with one attached hydrogen (secondary N) is 1. The molecule has 23 heavy (non-hydrogen) atoms. The third-order valence-corrected chi connectivity index (χ3v) is 3.66. The van der Waals surface area contributed by atoms with Gasteiger partial charge in [0.05, 0.1) is 17.8 Å². The van der Waals surface area contributed by atoms with Crippen molar-refractivity contribution in [1.82, 2.24) is 34.5 Å². The van der Waals surface area contributed by atoms with Gasteiger partial charge in [-0.15, -0.1) is 0 Å². The first-order valence-electron chi connectivity index (χ1n) is 7.46. The average molecular weight is 305 g/mol. The van der Waals surface area contributed by atoms with Crippen LogP contribution in [-0.4, -0.2) is 34.5 Å². The van der Waals surface area contributed by atoms with Gasteiger partial charge in [0.2, 0.25) is 0 Å². The van der Waals surface area contributed by atoms with Crippen molar-refractivity contribution in [2.75, 3.05) is 0 Å². The molecule has 0 fully saturated rings. The highest BCUT2D eigenvalue weighted by Crippen LogP contribution is 2.17. The molecule has 0 bridgehead atoms. The molecule has 0 saturated heterocycles. The quantitative estimate of drug-likeness (QED) is 0.625. The lowest BCUT2D eigenvalue weighted by atomic mass is 10.2. The normalized spacial score (nSPS) is 11.2. The van der Waals surface area contributed by atoms with Gasteiger partial charge in [0.25, 0.3) is 0 Å². The van der Waals surface area contributed by atoms with Crippen molar-refractivity contribution in [3.8, 4) is 11.6 Å². The van der Waals surface area contributed by atoms with E-state index in [9.17, 15) is 0 Å². The van der Waals surface area contributed by atoms with Gasteiger partial charge in [-0.05, 0) is 18.6 Å². The molecule has 0 saturated carbocycles. The first-order valence-corrected chi connectivity index (χ1v) is 7.46. The Labute approximate surface area is 132 Å². The van der Waals surface area contributed by atoms with Crippen molar-refractivity contribution in [2.45, 2.75) is 19.9 Å². The number of aryl methyl sites for hydroxylation is 1. The number of imidazole rings is 2. The second-order valence-corrected chi connectivity index (χ2v) is 5.14. The summed E-state index contributed by atoms with van der Waals surface area (Å²) in [6.07, 6.45) is 9.73. The van der Waals surface area contributed by atoms with Crippen LogP contribution in [0.4, 0.5) is 0 Å². The summed E-state index contributed by atoms with van der Waals surface area (Å²) in [7, 11) is 0. The molecule has 0 aliphatic carbocycles. The summed E-state index contributed by atoms with van der Waals surface area (Å²) >= 11 is 0. The highest BCUT2D eigenvalue weighted by Gasteiger charge is 2.12. The van der Waals surface area contributed by atoms with E-state index < -0.39 is 0 Å². The van der Waals surface area contributed by atoms with Crippen LogP contribution in [0.5, 0.6) is 0 Å². The van der Waals surface area contributed by atoms with E-state index >= 15 is 0 Å². The van der Waals surface area contributed by atoms with Gasteiger partial charge in [0, 0.05) is 31.0 Å². The molecule has 0 atom stereocenters. The maximum absolute atomic E-state index is 4.69. The van der Waals surface area contributed by atoms with Gasteiger partial charge < -0.3 is 9.55 Å². The summed E-state index contributed by atoms with van der Waals surface area (Å²) in [5.74, 6) is 2.18. The van der Waals surface area contributed by atoms with Gasteiger partial charge in [0.15, 0.2) is 11.6 Å². The topological polar surface area (TPSA) is 85.2 Å².